The molecule has 1 fully saturated rings. The summed E-state index contributed by atoms with van der Waals surface area (Å²) >= 11 is 0. The van der Waals surface area contributed by atoms with Crippen LogP contribution in [-0.4, -0.2) is 27.6 Å². The van der Waals surface area contributed by atoms with Gasteiger partial charge in [0.15, 0.2) is 0 Å². The van der Waals surface area contributed by atoms with E-state index in [0.29, 0.717) is 12.8 Å². The van der Waals surface area contributed by atoms with Crippen LogP contribution in [0.1, 0.15) is 18.4 Å². The number of esters is 1. The van der Waals surface area contributed by atoms with Crippen molar-refractivity contribution < 1.29 is 22.1 Å². The van der Waals surface area contributed by atoms with Gasteiger partial charge in [-0.1, -0.05) is 17.7 Å². The van der Waals surface area contributed by atoms with Crippen LogP contribution >= 0.6 is 0 Å². The highest BCUT2D eigenvalue weighted by Crippen LogP contribution is 2.33. The molecular weight excluding hydrogens is 268 g/mol. The lowest BCUT2D eigenvalue weighted by Gasteiger charge is -2.32. The van der Waals surface area contributed by atoms with Gasteiger partial charge in [-0.25, -0.2) is 0 Å². The van der Waals surface area contributed by atoms with Crippen LogP contribution in [0.15, 0.2) is 29.2 Å². The number of rotatable bonds is 4. The van der Waals surface area contributed by atoms with Crippen LogP contribution in [0.3, 0.4) is 0 Å². The van der Waals surface area contributed by atoms with Gasteiger partial charge in [-0.15, -0.1) is 0 Å². The number of methoxy groups -OCH3 is 1. The van der Waals surface area contributed by atoms with Gasteiger partial charge in [0.2, 0.25) is 0 Å². The lowest BCUT2D eigenvalue weighted by Crippen LogP contribution is -2.38. The number of aryl methyl sites for hydroxylation is 1. The molecule has 0 aliphatic heterocycles. The molecule has 1 aromatic rings. The molecule has 2 rings (SSSR count). The number of hydrogen-bond donors (Lipinski definition) is 0. The van der Waals surface area contributed by atoms with Crippen molar-refractivity contribution in [3.63, 3.8) is 0 Å². The summed E-state index contributed by atoms with van der Waals surface area (Å²) in [4.78, 5) is 11.3. The van der Waals surface area contributed by atoms with Crippen LogP contribution in [0.25, 0.3) is 0 Å². The Bertz CT molecular complexity index is 555. The second-order valence-corrected chi connectivity index (χ2v) is 6.25. The summed E-state index contributed by atoms with van der Waals surface area (Å²) in [5, 5.41) is 0. The Hall–Kier alpha value is -1.40. The van der Waals surface area contributed by atoms with Gasteiger partial charge >= 0.3 is 5.97 Å². The Balaban J connectivity index is 1.97. The van der Waals surface area contributed by atoms with E-state index < -0.39 is 16.2 Å². The average Bonchev–Trinajstić information content (AvgIpc) is 2.33. The normalized spacial score (nSPS) is 22.6. The molecule has 5 nitrogen and oxygen atoms in total. The molecule has 0 bridgehead atoms. The first-order chi connectivity index (χ1) is 8.92. The molecule has 0 saturated heterocycles. The van der Waals surface area contributed by atoms with Crippen LogP contribution in [0.5, 0.6) is 0 Å². The fourth-order valence-electron chi connectivity index (χ4n) is 1.94. The van der Waals surface area contributed by atoms with Crippen molar-refractivity contribution >= 4 is 16.1 Å². The minimum atomic E-state index is -3.75. The monoisotopic (exact) mass is 284 g/mol. The van der Waals surface area contributed by atoms with Crippen LogP contribution in [0.2, 0.25) is 0 Å². The minimum absolute atomic E-state index is 0.139. The molecule has 1 aromatic carbocycles. The smallest absolute Gasteiger partial charge is 0.308 e. The first-order valence-corrected chi connectivity index (χ1v) is 7.41. The van der Waals surface area contributed by atoms with Crippen LogP contribution in [0, 0.1) is 12.8 Å². The van der Waals surface area contributed by atoms with Crippen molar-refractivity contribution in [2.24, 2.45) is 5.92 Å². The second kappa shape index (κ2) is 5.30. The third kappa shape index (κ3) is 3.13. The van der Waals surface area contributed by atoms with E-state index in [-0.39, 0.29) is 16.8 Å². The van der Waals surface area contributed by atoms with E-state index in [4.69, 9.17) is 4.18 Å². The van der Waals surface area contributed by atoms with E-state index in [1.54, 1.807) is 12.1 Å². The van der Waals surface area contributed by atoms with E-state index >= 15 is 0 Å². The molecule has 1 aliphatic rings. The van der Waals surface area contributed by atoms with Gasteiger partial charge in [-0.2, -0.15) is 8.42 Å². The zero-order valence-corrected chi connectivity index (χ0v) is 11.6. The fraction of sp³-hybridized carbons (Fsp3) is 0.462. The standard InChI is InChI=1S/C13H16O5S/c1-9-3-5-12(6-4-9)19(15,16)18-11-7-10(8-11)13(14)17-2/h3-6,10-11H,7-8H2,1-2H3. The topological polar surface area (TPSA) is 69.7 Å². The molecule has 1 saturated carbocycles. The SMILES string of the molecule is COC(=O)C1CC(OS(=O)(=O)c2ccc(C)cc2)C1. The van der Waals surface area contributed by atoms with Gasteiger partial charge < -0.3 is 4.74 Å². The number of carbonyl (C=O) groups excluding carboxylic acids is 1. The highest BCUT2D eigenvalue weighted by molar-refractivity contribution is 7.86. The Kier molecular flexibility index (Phi) is 3.91. The van der Waals surface area contributed by atoms with E-state index in [9.17, 15) is 13.2 Å². The van der Waals surface area contributed by atoms with Crippen molar-refractivity contribution in [2.45, 2.75) is 30.8 Å². The van der Waals surface area contributed by atoms with E-state index in [0.717, 1.165) is 5.56 Å². The largest absolute Gasteiger partial charge is 0.469 e. The number of hydrogen-bond acceptors (Lipinski definition) is 5. The van der Waals surface area contributed by atoms with Gasteiger partial charge in [0.1, 0.15) is 0 Å². The summed E-state index contributed by atoms with van der Waals surface area (Å²) in [7, 11) is -2.43. The lowest BCUT2D eigenvalue weighted by atomic mass is 9.83. The molecule has 19 heavy (non-hydrogen) atoms. The quantitative estimate of drug-likeness (QED) is 0.621. The first kappa shape index (κ1) is 14.0. The van der Waals surface area contributed by atoms with Crippen LogP contribution in [-0.2, 0) is 23.8 Å². The van der Waals surface area contributed by atoms with Gasteiger partial charge in [0, 0.05) is 0 Å². The third-order valence-corrected chi connectivity index (χ3v) is 4.58. The first-order valence-electron chi connectivity index (χ1n) is 6.00. The molecule has 0 radical (unpaired) electrons. The van der Waals surface area contributed by atoms with Gasteiger partial charge in [-0.3, -0.25) is 8.98 Å². The molecule has 0 heterocycles. The second-order valence-electron chi connectivity index (χ2n) is 4.68. The molecule has 0 spiro atoms. The number of carbonyl (C=O) groups is 1. The molecule has 0 atom stereocenters. The maximum Gasteiger partial charge on any atom is 0.308 e. The van der Waals surface area contributed by atoms with E-state index in [1.807, 2.05) is 6.92 Å². The highest BCUT2D eigenvalue weighted by atomic mass is 32.2. The summed E-state index contributed by atoms with van der Waals surface area (Å²) in [5.74, 6) is -0.559. The lowest BCUT2D eigenvalue weighted by molar-refractivity contribution is -0.151. The average molecular weight is 284 g/mol. The Labute approximate surface area is 112 Å². The highest BCUT2D eigenvalue weighted by Gasteiger charge is 2.39. The molecule has 0 unspecified atom stereocenters. The number of ether oxygens (including phenoxy) is 1. The predicted octanol–water partition coefficient (Wildman–Crippen LogP) is 1.65. The zero-order chi connectivity index (χ0) is 14.0. The molecule has 1 aliphatic carbocycles. The third-order valence-electron chi connectivity index (χ3n) is 3.20. The van der Waals surface area contributed by atoms with Gasteiger partial charge in [0.05, 0.1) is 24.0 Å². The minimum Gasteiger partial charge on any atom is -0.469 e. The van der Waals surface area contributed by atoms with Crippen molar-refractivity contribution in [1.82, 2.24) is 0 Å². The van der Waals surface area contributed by atoms with Gasteiger partial charge in [-0.05, 0) is 31.9 Å². The maximum atomic E-state index is 12.0. The molecule has 0 N–H and O–H groups in total. The fourth-order valence-corrected chi connectivity index (χ4v) is 3.04. The molecule has 104 valence electrons. The molecule has 0 amide bonds. The van der Waals surface area contributed by atoms with Crippen molar-refractivity contribution in [3.05, 3.63) is 29.8 Å². The molecule has 0 aromatic heterocycles. The van der Waals surface area contributed by atoms with E-state index in [1.165, 1.54) is 19.2 Å². The van der Waals surface area contributed by atoms with E-state index in [2.05, 4.69) is 4.74 Å². The zero-order valence-electron chi connectivity index (χ0n) is 10.8. The molecular formula is C13H16O5S. The van der Waals surface area contributed by atoms with Crippen molar-refractivity contribution in [1.29, 1.82) is 0 Å². The van der Waals surface area contributed by atoms with Gasteiger partial charge in [0.25, 0.3) is 10.1 Å². The predicted molar refractivity (Wildman–Crippen MR) is 68.0 cm³/mol. The van der Waals surface area contributed by atoms with Crippen molar-refractivity contribution in [3.8, 4) is 0 Å². The van der Waals surface area contributed by atoms with Crippen LogP contribution in [0.4, 0.5) is 0 Å². The Morgan fingerprint density at radius 3 is 2.32 bits per heavy atom. The summed E-state index contributed by atoms with van der Waals surface area (Å²) in [6, 6.07) is 6.46. The summed E-state index contributed by atoms with van der Waals surface area (Å²) in [5.41, 5.74) is 0.980. The summed E-state index contributed by atoms with van der Waals surface area (Å²) in [6.07, 6.45) is 0.339. The van der Waals surface area contributed by atoms with Crippen LogP contribution < -0.4 is 0 Å². The summed E-state index contributed by atoms with van der Waals surface area (Å²) in [6.45, 7) is 1.88. The maximum absolute atomic E-state index is 12.0. The Morgan fingerprint density at radius 2 is 1.79 bits per heavy atom. The molecule has 6 heteroatoms. The Morgan fingerprint density at radius 1 is 1.21 bits per heavy atom. The summed E-state index contributed by atoms with van der Waals surface area (Å²) < 4.78 is 33.6. The number of benzene rings is 1. The van der Waals surface area contributed by atoms with Crippen molar-refractivity contribution in [2.75, 3.05) is 7.11 Å².